The second kappa shape index (κ2) is 7.86. The third kappa shape index (κ3) is 7.54. The van der Waals surface area contributed by atoms with Crippen molar-refractivity contribution in [2.24, 2.45) is 11.5 Å². The average Bonchev–Trinajstić information content (AvgIpc) is 2.16. The number of nitrogens with two attached hydrogens (primary N) is 2. The Kier molecular flexibility index (Phi) is 7.66. The zero-order valence-electron chi connectivity index (χ0n) is 7.78. The molecule has 2 atom stereocenters. The number of halogens is 4. The van der Waals surface area contributed by atoms with E-state index in [0.29, 0.717) is 7.69 Å². The van der Waals surface area contributed by atoms with Crippen LogP contribution in [0.1, 0.15) is 0 Å². The van der Waals surface area contributed by atoms with Crippen LogP contribution >= 0.6 is 0 Å². The molecule has 0 fully saturated rings. The van der Waals surface area contributed by atoms with E-state index in [1.807, 2.05) is 0 Å². The molecule has 0 heterocycles. The van der Waals surface area contributed by atoms with Gasteiger partial charge < -0.3 is 20.8 Å². The van der Waals surface area contributed by atoms with E-state index in [2.05, 4.69) is 9.31 Å². The van der Waals surface area contributed by atoms with Gasteiger partial charge >= 0.3 is 7.69 Å². The van der Waals surface area contributed by atoms with Crippen LogP contribution in [0, 0.1) is 0 Å². The van der Waals surface area contributed by atoms with Crippen LogP contribution in [0.25, 0.3) is 0 Å². The molecule has 9 heteroatoms. The first-order chi connectivity index (χ1) is 6.95. The lowest BCUT2D eigenvalue weighted by Gasteiger charge is -2.12. The Morgan fingerprint density at radius 3 is 1.47 bits per heavy atom. The van der Waals surface area contributed by atoms with Gasteiger partial charge in [-0.1, -0.05) is 0 Å². The Morgan fingerprint density at radius 2 is 1.20 bits per heavy atom. The molecule has 1 radical (unpaired) electrons. The summed E-state index contributed by atoms with van der Waals surface area (Å²) in [7, 11) is 0.671. The van der Waals surface area contributed by atoms with Gasteiger partial charge in [-0.05, 0) is 0 Å². The van der Waals surface area contributed by atoms with E-state index in [1.165, 1.54) is 0 Å². The van der Waals surface area contributed by atoms with Gasteiger partial charge in [-0.15, -0.1) is 0 Å². The van der Waals surface area contributed by atoms with Crippen LogP contribution in [0.15, 0.2) is 0 Å². The first-order valence-electron chi connectivity index (χ1n) is 4.07. The minimum atomic E-state index is -2.71. The lowest BCUT2D eigenvalue weighted by molar-refractivity contribution is 0.0707. The molecule has 0 spiro atoms. The van der Waals surface area contributed by atoms with E-state index < -0.39 is 38.1 Å². The third-order valence-corrected chi connectivity index (χ3v) is 1.36. The highest BCUT2D eigenvalue weighted by Crippen LogP contribution is 1.99. The number of rotatable bonds is 8. The maximum Gasteiger partial charge on any atom is 0.488 e. The summed E-state index contributed by atoms with van der Waals surface area (Å²) in [5.74, 6) is 0. The standard InChI is InChI=1S/C6H12BF4N2O2/c8-5(9)3(12)1-14-7-15-2-4(13)6(10)11/h3-6H,1-2,12-13H2. The molecular weight excluding hydrogens is 219 g/mol. The molecule has 0 aliphatic carbocycles. The molecular formula is C6H12BF4N2O2. The van der Waals surface area contributed by atoms with Gasteiger partial charge in [-0.2, -0.15) is 0 Å². The summed E-state index contributed by atoms with van der Waals surface area (Å²) >= 11 is 0. The molecule has 15 heavy (non-hydrogen) atoms. The SMILES string of the molecule is NC(CO[B]OCC(N)C(F)F)C(F)F. The molecule has 0 bridgehead atoms. The highest BCUT2D eigenvalue weighted by Gasteiger charge is 2.17. The molecule has 0 aromatic rings. The molecule has 0 aliphatic heterocycles. The van der Waals surface area contributed by atoms with Crippen molar-refractivity contribution in [3.63, 3.8) is 0 Å². The van der Waals surface area contributed by atoms with Gasteiger partial charge in [0.25, 0.3) is 12.9 Å². The molecule has 0 aliphatic rings. The monoisotopic (exact) mass is 231 g/mol. The minimum Gasteiger partial charge on any atom is -0.411 e. The normalized spacial score (nSPS) is 15.7. The lowest BCUT2D eigenvalue weighted by atomic mass is 10.3. The van der Waals surface area contributed by atoms with Gasteiger partial charge in [-0.3, -0.25) is 0 Å². The van der Waals surface area contributed by atoms with Crippen molar-refractivity contribution < 1.29 is 26.9 Å². The molecule has 0 saturated carbocycles. The second-order valence-electron chi connectivity index (χ2n) is 2.76. The summed E-state index contributed by atoms with van der Waals surface area (Å²) in [5.41, 5.74) is 9.82. The minimum absolute atomic E-state index is 0.457. The number of hydrogen-bond acceptors (Lipinski definition) is 4. The Balaban J connectivity index is 3.32. The first kappa shape index (κ1) is 14.6. The summed E-state index contributed by atoms with van der Waals surface area (Å²) in [6.45, 7) is -0.914. The second-order valence-corrected chi connectivity index (χ2v) is 2.76. The molecule has 89 valence electrons. The van der Waals surface area contributed by atoms with E-state index in [-0.39, 0.29) is 0 Å². The van der Waals surface area contributed by atoms with Crippen molar-refractivity contribution in [1.82, 2.24) is 0 Å². The largest absolute Gasteiger partial charge is 0.488 e. The van der Waals surface area contributed by atoms with E-state index in [9.17, 15) is 17.6 Å². The molecule has 4 N–H and O–H groups in total. The van der Waals surface area contributed by atoms with Crippen molar-refractivity contribution in [3.05, 3.63) is 0 Å². The summed E-state index contributed by atoms with van der Waals surface area (Å²) in [5, 5.41) is 0. The van der Waals surface area contributed by atoms with E-state index in [1.54, 1.807) is 0 Å². The van der Waals surface area contributed by atoms with Crippen molar-refractivity contribution in [1.29, 1.82) is 0 Å². The zero-order chi connectivity index (χ0) is 11.8. The van der Waals surface area contributed by atoms with Crippen LogP contribution in [-0.4, -0.2) is 45.8 Å². The highest BCUT2D eigenvalue weighted by atomic mass is 19.3. The molecule has 2 unspecified atom stereocenters. The fourth-order valence-corrected chi connectivity index (χ4v) is 0.494. The first-order valence-corrected chi connectivity index (χ1v) is 4.07. The van der Waals surface area contributed by atoms with E-state index >= 15 is 0 Å². The van der Waals surface area contributed by atoms with Crippen molar-refractivity contribution in [3.8, 4) is 0 Å². The highest BCUT2D eigenvalue weighted by molar-refractivity contribution is 6.17. The fourth-order valence-electron chi connectivity index (χ4n) is 0.494. The van der Waals surface area contributed by atoms with Gasteiger partial charge in [0, 0.05) is 0 Å². The summed E-state index contributed by atoms with van der Waals surface area (Å²) in [6.07, 6.45) is -5.41. The quantitative estimate of drug-likeness (QED) is 0.343. The van der Waals surface area contributed by atoms with Crippen molar-refractivity contribution in [2.75, 3.05) is 13.2 Å². The maximum atomic E-state index is 11.8. The smallest absolute Gasteiger partial charge is 0.411 e. The topological polar surface area (TPSA) is 70.5 Å². The molecule has 0 aromatic heterocycles. The Morgan fingerprint density at radius 1 is 0.867 bits per heavy atom. The van der Waals surface area contributed by atoms with Gasteiger partial charge in [0.1, 0.15) is 0 Å². The number of alkyl halides is 4. The summed E-state index contributed by atoms with van der Waals surface area (Å²) < 4.78 is 56.0. The molecule has 0 aromatic carbocycles. The fraction of sp³-hybridized carbons (Fsp3) is 1.00. The van der Waals surface area contributed by atoms with Gasteiger partial charge in [0.05, 0.1) is 25.3 Å². The van der Waals surface area contributed by atoms with Gasteiger partial charge in [-0.25, -0.2) is 17.6 Å². The van der Waals surface area contributed by atoms with Crippen molar-refractivity contribution >= 4 is 7.69 Å². The predicted octanol–water partition coefficient (Wildman–Crippen LogP) is -0.261. The Bertz CT molecular complexity index is 150. The van der Waals surface area contributed by atoms with E-state index in [0.717, 1.165) is 0 Å². The maximum absolute atomic E-state index is 11.8. The van der Waals surface area contributed by atoms with Crippen LogP contribution in [0.4, 0.5) is 17.6 Å². The van der Waals surface area contributed by atoms with Crippen molar-refractivity contribution in [2.45, 2.75) is 24.9 Å². The molecule has 0 amide bonds. The van der Waals surface area contributed by atoms with Crippen LogP contribution in [0.5, 0.6) is 0 Å². The van der Waals surface area contributed by atoms with Crippen LogP contribution in [-0.2, 0) is 9.31 Å². The molecule has 0 rings (SSSR count). The van der Waals surface area contributed by atoms with Crippen LogP contribution < -0.4 is 11.5 Å². The Labute approximate surface area is 85.2 Å². The van der Waals surface area contributed by atoms with Gasteiger partial charge in [0.2, 0.25) is 0 Å². The zero-order valence-corrected chi connectivity index (χ0v) is 7.78. The average molecular weight is 231 g/mol. The molecule has 0 saturated heterocycles. The summed E-state index contributed by atoms with van der Waals surface area (Å²) in [6, 6.07) is -2.87. The van der Waals surface area contributed by atoms with Gasteiger partial charge in [0.15, 0.2) is 0 Å². The van der Waals surface area contributed by atoms with Crippen LogP contribution in [0.3, 0.4) is 0 Å². The van der Waals surface area contributed by atoms with E-state index in [4.69, 9.17) is 11.5 Å². The van der Waals surface area contributed by atoms with Crippen LogP contribution in [0.2, 0.25) is 0 Å². The Hall–Kier alpha value is -0.375. The summed E-state index contributed by atoms with van der Waals surface area (Å²) in [4.78, 5) is 0. The number of hydrogen-bond donors (Lipinski definition) is 2. The lowest BCUT2D eigenvalue weighted by Crippen LogP contribution is -2.36. The third-order valence-electron chi connectivity index (χ3n) is 1.36. The predicted molar refractivity (Wildman–Crippen MR) is 45.6 cm³/mol. The molecule has 4 nitrogen and oxygen atoms in total.